The van der Waals surface area contributed by atoms with Gasteiger partial charge < -0.3 is 15.6 Å². The number of nitrogens with zero attached hydrogens (tertiary/aromatic N) is 1. The summed E-state index contributed by atoms with van der Waals surface area (Å²) in [5.41, 5.74) is 6.17. The fourth-order valence-corrected chi connectivity index (χ4v) is 1.66. The van der Waals surface area contributed by atoms with Gasteiger partial charge in [0.2, 0.25) is 0 Å². The van der Waals surface area contributed by atoms with Gasteiger partial charge in [-0.3, -0.25) is 9.79 Å². The number of rotatable bonds is 5. The van der Waals surface area contributed by atoms with Crippen molar-refractivity contribution in [3.63, 3.8) is 0 Å². The molecule has 0 aromatic rings. The third-order valence-electron chi connectivity index (χ3n) is 2.74. The van der Waals surface area contributed by atoms with Gasteiger partial charge in [0.05, 0.1) is 6.42 Å². The molecule has 0 radical (unpaired) electrons. The molecule has 0 bridgehead atoms. The van der Waals surface area contributed by atoms with Crippen LogP contribution in [0.25, 0.3) is 0 Å². The number of ether oxygens (including phenoxy) is 1. The predicted molar refractivity (Wildman–Crippen MR) is 71.2 cm³/mol. The highest BCUT2D eigenvalue weighted by Crippen LogP contribution is 2.09. The number of carboxylic acids is 1. The topological polar surface area (TPSA) is 119 Å². The Morgan fingerprint density at radius 3 is 2.65 bits per heavy atom. The fraction of sp³-hybridized carbons (Fsp3) is 0.538. The molecule has 0 amide bonds. The minimum atomic E-state index is -1.35. The molecule has 110 valence electrons. The van der Waals surface area contributed by atoms with Crippen LogP contribution in [0.2, 0.25) is 0 Å². The van der Waals surface area contributed by atoms with Crippen LogP contribution in [0.5, 0.6) is 0 Å². The van der Waals surface area contributed by atoms with Gasteiger partial charge in [0.1, 0.15) is 12.1 Å². The second-order valence-corrected chi connectivity index (χ2v) is 4.53. The van der Waals surface area contributed by atoms with Crippen LogP contribution in [-0.2, 0) is 19.1 Å². The number of aliphatic carboxylic acids is 1. The minimum absolute atomic E-state index is 0.584. The zero-order valence-corrected chi connectivity index (χ0v) is 11.2. The SMILES string of the molecule is C[C@H](N=C1CC=CCC1)C(=O)OC(=O)[C@@H](N)CC(=O)O. The largest absolute Gasteiger partial charge is 0.481 e. The molecule has 3 N–H and O–H groups in total. The van der Waals surface area contributed by atoms with Crippen molar-refractivity contribution in [1.82, 2.24) is 0 Å². The maximum atomic E-state index is 11.6. The molecule has 7 heteroatoms. The number of carbonyl (C=O) groups is 3. The summed E-state index contributed by atoms with van der Waals surface area (Å²) in [6.07, 6.45) is 5.76. The molecule has 7 nitrogen and oxygen atoms in total. The van der Waals surface area contributed by atoms with Crippen LogP contribution in [0.15, 0.2) is 17.1 Å². The first-order valence-electron chi connectivity index (χ1n) is 6.33. The number of carbonyl (C=O) groups excluding carboxylic acids is 2. The van der Waals surface area contributed by atoms with Crippen molar-refractivity contribution in [3.05, 3.63) is 12.2 Å². The Morgan fingerprint density at radius 1 is 1.40 bits per heavy atom. The van der Waals surface area contributed by atoms with Gasteiger partial charge in [0.15, 0.2) is 0 Å². The molecule has 0 aromatic heterocycles. The van der Waals surface area contributed by atoms with E-state index in [9.17, 15) is 14.4 Å². The van der Waals surface area contributed by atoms with Crippen LogP contribution in [0.1, 0.15) is 32.6 Å². The van der Waals surface area contributed by atoms with E-state index < -0.39 is 36.4 Å². The van der Waals surface area contributed by atoms with Crippen molar-refractivity contribution in [2.75, 3.05) is 0 Å². The first-order valence-corrected chi connectivity index (χ1v) is 6.33. The molecule has 20 heavy (non-hydrogen) atoms. The van der Waals surface area contributed by atoms with Gasteiger partial charge in [-0.25, -0.2) is 9.59 Å². The van der Waals surface area contributed by atoms with Crippen LogP contribution in [0, 0.1) is 0 Å². The minimum Gasteiger partial charge on any atom is -0.481 e. The third-order valence-corrected chi connectivity index (χ3v) is 2.74. The number of allylic oxidation sites excluding steroid dienone is 2. The second kappa shape index (κ2) is 7.54. The van der Waals surface area contributed by atoms with E-state index in [4.69, 9.17) is 10.8 Å². The molecule has 0 aromatic carbocycles. The summed E-state index contributed by atoms with van der Waals surface area (Å²) in [5.74, 6) is -3.10. The Kier molecular flexibility index (Phi) is 6.05. The van der Waals surface area contributed by atoms with Gasteiger partial charge >= 0.3 is 17.9 Å². The summed E-state index contributed by atoms with van der Waals surface area (Å²) in [7, 11) is 0. The lowest BCUT2D eigenvalue weighted by Gasteiger charge is -2.12. The fourth-order valence-electron chi connectivity index (χ4n) is 1.66. The quantitative estimate of drug-likeness (QED) is 0.428. The average molecular weight is 282 g/mol. The number of hydrogen-bond donors (Lipinski definition) is 2. The summed E-state index contributed by atoms with van der Waals surface area (Å²) in [6, 6.07) is -2.16. The highest BCUT2D eigenvalue weighted by molar-refractivity contribution is 5.94. The highest BCUT2D eigenvalue weighted by atomic mass is 16.6. The van der Waals surface area contributed by atoms with Crippen molar-refractivity contribution in [3.8, 4) is 0 Å². The third kappa shape index (κ3) is 5.31. The van der Waals surface area contributed by atoms with Crippen LogP contribution < -0.4 is 5.73 Å². The second-order valence-electron chi connectivity index (χ2n) is 4.53. The van der Waals surface area contributed by atoms with Gasteiger partial charge in [-0.2, -0.15) is 0 Å². The molecule has 1 rings (SSSR count). The molecular weight excluding hydrogens is 264 g/mol. The molecule has 2 atom stereocenters. The van der Waals surface area contributed by atoms with Crippen LogP contribution in [0.4, 0.5) is 0 Å². The standard InChI is InChI=1S/C13H18N2O5/c1-8(15-9-5-3-2-4-6-9)12(18)20-13(19)10(14)7-11(16)17/h2-3,8,10H,4-7,14H2,1H3,(H,16,17)/t8-,10-/m0/s1. The molecule has 0 aliphatic heterocycles. The first kappa shape index (κ1) is 16.0. The molecule has 0 saturated heterocycles. The number of esters is 2. The molecule has 0 fully saturated rings. The highest BCUT2D eigenvalue weighted by Gasteiger charge is 2.24. The maximum absolute atomic E-state index is 11.6. The average Bonchev–Trinajstić information content (AvgIpc) is 2.38. The molecular formula is C13H18N2O5. The van der Waals surface area contributed by atoms with Crippen LogP contribution >= 0.6 is 0 Å². The Bertz CT molecular complexity index is 456. The molecule has 0 unspecified atom stereocenters. The Morgan fingerprint density at radius 2 is 2.10 bits per heavy atom. The lowest BCUT2D eigenvalue weighted by atomic mass is 10.1. The van der Waals surface area contributed by atoms with E-state index in [0.717, 1.165) is 18.6 Å². The zero-order chi connectivity index (χ0) is 15.1. The van der Waals surface area contributed by atoms with E-state index in [0.29, 0.717) is 6.42 Å². The molecule has 0 saturated carbocycles. The number of carboxylic acid groups (broad SMARTS) is 1. The number of aliphatic imine (C=N–C) groups is 1. The Hall–Kier alpha value is -2.02. The molecule has 1 aliphatic rings. The lowest BCUT2D eigenvalue weighted by Crippen LogP contribution is -2.37. The van der Waals surface area contributed by atoms with E-state index in [-0.39, 0.29) is 0 Å². The summed E-state index contributed by atoms with van der Waals surface area (Å²) >= 11 is 0. The van der Waals surface area contributed by atoms with Crippen molar-refractivity contribution < 1.29 is 24.2 Å². The van der Waals surface area contributed by atoms with Gasteiger partial charge in [-0.05, 0) is 19.8 Å². The van der Waals surface area contributed by atoms with E-state index >= 15 is 0 Å². The summed E-state index contributed by atoms with van der Waals surface area (Å²) in [4.78, 5) is 37.6. The summed E-state index contributed by atoms with van der Waals surface area (Å²) in [5, 5.41) is 8.49. The van der Waals surface area contributed by atoms with E-state index in [1.54, 1.807) is 0 Å². The number of hydrogen-bond acceptors (Lipinski definition) is 6. The summed E-state index contributed by atoms with van der Waals surface area (Å²) < 4.78 is 4.53. The van der Waals surface area contributed by atoms with Gasteiger partial charge in [-0.15, -0.1) is 0 Å². The van der Waals surface area contributed by atoms with E-state index in [1.165, 1.54) is 6.92 Å². The van der Waals surface area contributed by atoms with Gasteiger partial charge in [0, 0.05) is 12.1 Å². The number of nitrogens with two attached hydrogens (primary N) is 1. The first-order chi connectivity index (χ1) is 9.40. The molecule has 0 spiro atoms. The van der Waals surface area contributed by atoms with Crippen LogP contribution in [0.3, 0.4) is 0 Å². The van der Waals surface area contributed by atoms with Crippen molar-refractivity contribution in [1.29, 1.82) is 0 Å². The van der Waals surface area contributed by atoms with E-state index in [1.807, 2.05) is 12.2 Å². The Labute approximate surface area is 116 Å². The summed E-state index contributed by atoms with van der Waals surface area (Å²) in [6.45, 7) is 1.52. The predicted octanol–water partition coefficient (Wildman–Crippen LogP) is 0.428. The lowest BCUT2D eigenvalue weighted by molar-refractivity contribution is -0.162. The van der Waals surface area contributed by atoms with Crippen molar-refractivity contribution in [2.24, 2.45) is 10.7 Å². The maximum Gasteiger partial charge on any atom is 0.338 e. The van der Waals surface area contributed by atoms with E-state index in [2.05, 4.69) is 9.73 Å². The zero-order valence-electron chi connectivity index (χ0n) is 11.2. The monoisotopic (exact) mass is 282 g/mol. The molecule has 0 heterocycles. The molecule has 1 aliphatic carbocycles. The Balaban J connectivity index is 2.51. The van der Waals surface area contributed by atoms with Gasteiger partial charge in [0.25, 0.3) is 0 Å². The van der Waals surface area contributed by atoms with Gasteiger partial charge in [-0.1, -0.05) is 12.2 Å². The smallest absolute Gasteiger partial charge is 0.338 e. The van der Waals surface area contributed by atoms with Crippen molar-refractivity contribution >= 4 is 23.6 Å². The van der Waals surface area contributed by atoms with Crippen molar-refractivity contribution in [2.45, 2.75) is 44.7 Å². The van der Waals surface area contributed by atoms with Crippen LogP contribution in [-0.4, -0.2) is 40.8 Å². The normalized spacial score (nSPS) is 19.4.